The molecule has 0 N–H and O–H groups in total. The SMILES string of the molecule is Clc1cccc(CBr)c1Oc1ncn(-c2ccccc2)n1. The molecule has 3 aromatic rings. The van der Waals surface area contributed by atoms with Gasteiger partial charge in [0.1, 0.15) is 6.33 Å². The van der Waals surface area contributed by atoms with Crippen molar-refractivity contribution in [1.29, 1.82) is 0 Å². The molecule has 0 bridgehead atoms. The third-order valence-electron chi connectivity index (χ3n) is 2.88. The van der Waals surface area contributed by atoms with Crippen molar-refractivity contribution in [2.45, 2.75) is 5.33 Å². The minimum absolute atomic E-state index is 0.258. The molecule has 0 saturated heterocycles. The summed E-state index contributed by atoms with van der Waals surface area (Å²) in [6.45, 7) is 0. The normalized spacial score (nSPS) is 10.6. The molecule has 0 aliphatic heterocycles. The first kappa shape index (κ1) is 14.1. The lowest BCUT2D eigenvalue weighted by molar-refractivity contribution is 0.438. The lowest BCUT2D eigenvalue weighted by Crippen LogP contribution is -1.96. The highest BCUT2D eigenvalue weighted by Gasteiger charge is 2.12. The number of hydrogen-bond acceptors (Lipinski definition) is 3. The third-order valence-corrected chi connectivity index (χ3v) is 3.78. The van der Waals surface area contributed by atoms with Gasteiger partial charge in [-0.15, -0.1) is 5.10 Å². The number of aromatic nitrogens is 3. The van der Waals surface area contributed by atoms with E-state index in [9.17, 15) is 0 Å². The summed E-state index contributed by atoms with van der Waals surface area (Å²) >= 11 is 9.59. The second kappa shape index (κ2) is 6.28. The maximum absolute atomic E-state index is 6.17. The summed E-state index contributed by atoms with van der Waals surface area (Å²) in [5.74, 6) is 0.571. The monoisotopic (exact) mass is 363 g/mol. The molecule has 0 saturated carbocycles. The zero-order valence-electron chi connectivity index (χ0n) is 10.9. The lowest BCUT2D eigenvalue weighted by Gasteiger charge is -2.08. The fraction of sp³-hybridized carbons (Fsp3) is 0.0667. The van der Waals surface area contributed by atoms with Crippen LogP contribution in [0.5, 0.6) is 11.8 Å². The van der Waals surface area contributed by atoms with Crippen molar-refractivity contribution in [3.8, 4) is 17.4 Å². The molecule has 0 amide bonds. The molecule has 21 heavy (non-hydrogen) atoms. The van der Waals surface area contributed by atoms with Crippen LogP contribution in [0, 0.1) is 0 Å². The Balaban J connectivity index is 1.89. The van der Waals surface area contributed by atoms with Gasteiger partial charge in [-0.1, -0.05) is 57.9 Å². The predicted octanol–water partition coefficient (Wildman–Crippen LogP) is 4.61. The number of rotatable bonds is 4. The predicted molar refractivity (Wildman–Crippen MR) is 85.5 cm³/mol. The Hall–Kier alpha value is -1.85. The Morgan fingerprint density at radius 1 is 1.10 bits per heavy atom. The van der Waals surface area contributed by atoms with Crippen molar-refractivity contribution in [2.75, 3.05) is 0 Å². The van der Waals surface area contributed by atoms with Crippen molar-refractivity contribution >= 4 is 27.5 Å². The summed E-state index contributed by atoms with van der Waals surface area (Å²) in [4.78, 5) is 4.16. The second-order valence-electron chi connectivity index (χ2n) is 4.27. The van der Waals surface area contributed by atoms with Crippen LogP contribution in [0.2, 0.25) is 5.02 Å². The molecule has 6 heteroatoms. The first-order valence-electron chi connectivity index (χ1n) is 6.26. The fourth-order valence-electron chi connectivity index (χ4n) is 1.86. The molecule has 0 atom stereocenters. The molecular formula is C15H11BrClN3O. The molecule has 0 spiro atoms. The van der Waals surface area contributed by atoms with E-state index in [1.165, 1.54) is 0 Å². The van der Waals surface area contributed by atoms with Crippen LogP contribution in [0.25, 0.3) is 5.69 Å². The van der Waals surface area contributed by atoms with Gasteiger partial charge in [0, 0.05) is 10.9 Å². The minimum atomic E-state index is 0.258. The first-order chi connectivity index (χ1) is 10.3. The van der Waals surface area contributed by atoms with Crippen molar-refractivity contribution < 1.29 is 4.74 Å². The van der Waals surface area contributed by atoms with E-state index in [0.29, 0.717) is 16.1 Å². The molecule has 0 radical (unpaired) electrons. The van der Waals surface area contributed by atoms with Crippen LogP contribution in [0.4, 0.5) is 0 Å². The Bertz CT molecular complexity index is 746. The largest absolute Gasteiger partial charge is 0.421 e. The topological polar surface area (TPSA) is 39.9 Å². The van der Waals surface area contributed by atoms with Gasteiger partial charge in [0.25, 0.3) is 0 Å². The molecule has 0 aliphatic rings. The maximum atomic E-state index is 6.17. The number of alkyl halides is 1. The van der Waals surface area contributed by atoms with Gasteiger partial charge < -0.3 is 4.74 Å². The van der Waals surface area contributed by atoms with Crippen molar-refractivity contribution in [3.63, 3.8) is 0 Å². The smallest absolute Gasteiger partial charge is 0.341 e. The number of para-hydroxylation sites is 2. The van der Waals surface area contributed by atoms with Crippen LogP contribution in [-0.4, -0.2) is 14.8 Å². The molecule has 0 fully saturated rings. The fourth-order valence-corrected chi connectivity index (χ4v) is 2.54. The van der Waals surface area contributed by atoms with E-state index in [4.69, 9.17) is 16.3 Å². The molecule has 106 valence electrons. The van der Waals surface area contributed by atoms with Gasteiger partial charge in [0.2, 0.25) is 0 Å². The molecule has 3 rings (SSSR count). The molecular weight excluding hydrogens is 354 g/mol. The molecule has 4 nitrogen and oxygen atoms in total. The summed E-state index contributed by atoms with van der Waals surface area (Å²) in [5.41, 5.74) is 1.86. The number of hydrogen-bond donors (Lipinski definition) is 0. The van der Waals surface area contributed by atoms with Gasteiger partial charge in [-0.25, -0.2) is 4.68 Å². The van der Waals surface area contributed by atoms with Crippen LogP contribution in [0.3, 0.4) is 0 Å². The van der Waals surface area contributed by atoms with Crippen molar-refractivity contribution in [3.05, 3.63) is 65.4 Å². The number of ether oxygens (including phenoxy) is 1. The highest BCUT2D eigenvalue weighted by atomic mass is 79.9. The van der Waals surface area contributed by atoms with Crippen molar-refractivity contribution in [2.24, 2.45) is 0 Å². The molecule has 0 unspecified atom stereocenters. The summed E-state index contributed by atoms with van der Waals surface area (Å²) in [5, 5.41) is 5.47. The molecule has 1 heterocycles. The third kappa shape index (κ3) is 3.09. The van der Waals surface area contributed by atoms with Gasteiger partial charge >= 0.3 is 6.01 Å². The van der Waals surface area contributed by atoms with E-state index in [2.05, 4.69) is 26.0 Å². The van der Waals surface area contributed by atoms with Gasteiger partial charge in [0.05, 0.1) is 10.7 Å². The Kier molecular flexibility index (Phi) is 4.22. The van der Waals surface area contributed by atoms with Gasteiger partial charge in [-0.2, -0.15) is 4.98 Å². The van der Waals surface area contributed by atoms with E-state index in [1.807, 2.05) is 42.5 Å². The number of nitrogens with zero attached hydrogens (tertiary/aromatic N) is 3. The molecule has 1 aromatic heterocycles. The zero-order chi connectivity index (χ0) is 14.7. The van der Waals surface area contributed by atoms with Crippen molar-refractivity contribution in [1.82, 2.24) is 14.8 Å². The molecule has 2 aromatic carbocycles. The van der Waals surface area contributed by atoms with E-state index >= 15 is 0 Å². The van der Waals surface area contributed by atoms with Gasteiger partial charge in [0.15, 0.2) is 5.75 Å². The molecule has 0 aliphatic carbocycles. The lowest BCUT2D eigenvalue weighted by atomic mass is 10.2. The summed E-state index contributed by atoms with van der Waals surface area (Å²) in [6, 6.07) is 15.6. The van der Waals surface area contributed by atoms with E-state index in [0.717, 1.165) is 11.3 Å². The average molecular weight is 365 g/mol. The Labute approximate surface area is 135 Å². The van der Waals surface area contributed by atoms with Gasteiger partial charge in [-0.3, -0.25) is 0 Å². The highest BCUT2D eigenvalue weighted by Crippen LogP contribution is 2.32. The van der Waals surface area contributed by atoms with E-state index in [-0.39, 0.29) is 6.01 Å². The van der Waals surface area contributed by atoms with E-state index in [1.54, 1.807) is 17.1 Å². The Morgan fingerprint density at radius 3 is 2.67 bits per heavy atom. The highest BCUT2D eigenvalue weighted by molar-refractivity contribution is 9.08. The maximum Gasteiger partial charge on any atom is 0.341 e. The van der Waals surface area contributed by atoms with Crippen LogP contribution in [-0.2, 0) is 5.33 Å². The first-order valence-corrected chi connectivity index (χ1v) is 7.76. The minimum Gasteiger partial charge on any atom is -0.421 e. The quantitative estimate of drug-likeness (QED) is 0.635. The standard InChI is InChI=1S/C15H11BrClN3O/c16-9-11-5-4-8-13(17)14(11)21-15-18-10-20(19-15)12-6-2-1-3-7-12/h1-8,10H,9H2. The number of benzene rings is 2. The summed E-state index contributed by atoms with van der Waals surface area (Å²) in [7, 11) is 0. The summed E-state index contributed by atoms with van der Waals surface area (Å²) < 4.78 is 7.38. The second-order valence-corrected chi connectivity index (χ2v) is 5.24. The summed E-state index contributed by atoms with van der Waals surface area (Å²) in [6.07, 6.45) is 1.61. The van der Waals surface area contributed by atoms with Crippen LogP contribution in [0.15, 0.2) is 54.9 Å². The average Bonchev–Trinajstić information content (AvgIpc) is 2.99. The Morgan fingerprint density at radius 2 is 1.90 bits per heavy atom. The zero-order valence-corrected chi connectivity index (χ0v) is 13.3. The van der Waals surface area contributed by atoms with Crippen LogP contribution < -0.4 is 4.74 Å². The van der Waals surface area contributed by atoms with E-state index < -0.39 is 0 Å². The number of halogens is 2. The van der Waals surface area contributed by atoms with Crippen LogP contribution in [0.1, 0.15) is 5.56 Å². The van der Waals surface area contributed by atoms with Crippen LogP contribution >= 0.6 is 27.5 Å². The van der Waals surface area contributed by atoms with Gasteiger partial charge in [-0.05, 0) is 18.2 Å².